The van der Waals surface area contributed by atoms with Crippen molar-refractivity contribution in [2.24, 2.45) is 0 Å². The van der Waals surface area contributed by atoms with Gasteiger partial charge in [-0.2, -0.15) is 0 Å². The average Bonchev–Trinajstić information content (AvgIpc) is 2.05. The largest absolute Gasteiger partial charge is 0.457 e. The minimum atomic E-state index is -0.310. The Kier molecular flexibility index (Phi) is 7.30. The summed E-state index contributed by atoms with van der Waals surface area (Å²) in [6.07, 6.45) is 3.86. The zero-order valence-corrected chi connectivity index (χ0v) is 8.58. The van der Waals surface area contributed by atoms with Crippen molar-refractivity contribution in [3.05, 3.63) is 12.2 Å². The summed E-state index contributed by atoms with van der Waals surface area (Å²) in [7, 11) is 0. The molecule has 0 radical (unpaired) electrons. The topological polar surface area (TPSA) is 35.5 Å². The van der Waals surface area contributed by atoms with Gasteiger partial charge >= 0.3 is 5.97 Å². The van der Waals surface area contributed by atoms with Gasteiger partial charge in [-0.25, -0.2) is 4.79 Å². The maximum Gasteiger partial charge on any atom is 0.330 e. The van der Waals surface area contributed by atoms with Crippen LogP contribution in [0.4, 0.5) is 0 Å². The number of hydrogen-bond acceptors (Lipinski definition) is 3. The number of ether oxygens (including phenoxy) is 2. The highest BCUT2D eigenvalue weighted by Crippen LogP contribution is 1.94. The molecule has 3 heteroatoms. The number of hydrogen-bond donors (Lipinski definition) is 0. The zero-order chi connectivity index (χ0) is 10.1. The lowest BCUT2D eigenvalue weighted by Gasteiger charge is -2.11. The van der Waals surface area contributed by atoms with E-state index in [2.05, 4.69) is 0 Å². The SMILES string of the molecule is C/C=C\C(=O)O[C@H](C)COCCC. The van der Waals surface area contributed by atoms with Crippen LogP contribution in [-0.4, -0.2) is 25.3 Å². The maximum absolute atomic E-state index is 10.9. The van der Waals surface area contributed by atoms with E-state index in [1.165, 1.54) is 6.08 Å². The number of carbonyl (C=O) groups is 1. The third-order valence-corrected chi connectivity index (χ3v) is 1.32. The number of carbonyl (C=O) groups excluding carboxylic acids is 1. The average molecular weight is 186 g/mol. The summed E-state index contributed by atoms with van der Waals surface area (Å²) in [6.45, 7) is 6.82. The van der Waals surface area contributed by atoms with E-state index in [0.29, 0.717) is 13.2 Å². The molecule has 0 aliphatic rings. The predicted octanol–water partition coefficient (Wildman–Crippen LogP) is 1.92. The van der Waals surface area contributed by atoms with Gasteiger partial charge in [0.25, 0.3) is 0 Å². The Balaban J connectivity index is 3.49. The van der Waals surface area contributed by atoms with E-state index >= 15 is 0 Å². The summed E-state index contributed by atoms with van der Waals surface area (Å²) in [6, 6.07) is 0. The minimum Gasteiger partial charge on any atom is -0.457 e. The molecule has 0 saturated carbocycles. The lowest BCUT2D eigenvalue weighted by Crippen LogP contribution is -2.19. The number of esters is 1. The van der Waals surface area contributed by atoms with E-state index in [-0.39, 0.29) is 12.1 Å². The summed E-state index contributed by atoms with van der Waals surface area (Å²) in [5.74, 6) is -0.310. The molecular formula is C10H18O3. The molecule has 0 amide bonds. The highest BCUT2D eigenvalue weighted by molar-refractivity contribution is 5.81. The van der Waals surface area contributed by atoms with Crippen molar-refractivity contribution in [1.29, 1.82) is 0 Å². The van der Waals surface area contributed by atoms with Crippen LogP contribution in [-0.2, 0) is 14.3 Å². The Bertz CT molecular complexity index is 164. The van der Waals surface area contributed by atoms with Crippen molar-refractivity contribution >= 4 is 5.97 Å². The highest BCUT2D eigenvalue weighted by atomic mass is 16.6. The van der Waals surface area contributed by atoms with Gasteiger partial charge in [-0.3, -0.25) is 0 Å². The van der Waals surface area contributed by atoms with Crippen LogP contribution < -0.4 is 0 Å². The van der Waals surface area contributed by atoms with Crippen molar-refractivity contribution in [2.75, 3.05) is 13.2 Å². The highest BCUT2D eigenvalue weighted by Gasteiger charge is 2.05. The molecule has 0 aromatic carbocycles. The van der Waals surface area contributed by atoms with Crippen molar-refractivity contribution in [1.82, 2.24) is 0 Å². The zero-order valence-electron chi connectivity index (χ0n) is 8.58. The molecule has 1 atom stereocenters. The van der Waals surface area contributed by atoms with Crippen molar-refractivity contribution < 1.29 is 14.3 Å². The van der Waals surface area contributed by atoms with Gasteiger partial charge in [-0.1, -0.05) is 13.0 Å². The van der Waals surface area contributed by atoms with E-state index in [4.69, 9.17) is 9.47 Å². The fourth-order valence-corrected chi connectivity index (χ4v) is 0.801. The van der Waals surface area contributed by atoms with Gasteiger partial charge in [0, 0.05) is 12.7 Å². The Morgan fingerprint density at radius 3 is 2.77 bits per heavy atom. The normalized spacial score (nSPS) is 13.2. The first-order valence-corrected chi connectivity index (χ1v) is 4.61. The molecule has 0 heterocycles. The molecule has 0 aromatic heterocycles. The molecule has 0 bridgehead atoms. The van der Waals surface area contributed by atoms with Crippen LogP contribution >= 0.6 is 0 Å². The van der Waals surface area contributed by atoms with Crippen LogP contribution in [0.25, 0.3) is 0 Å². The van der Waals surface area contributed by atoms with E-state index in [1.807, 2.05) is 13.8 Å². The van der Waals surface area contributed by atoms with E-state index in [1.54, 1.807) is 13.0 Å². The van der Waals surface area contributed by atoms with Gasteiger partial charge in [0.2, 0.25) is 0 Å². The van der Waals surface area contributed by atoms with Gasteiger partial charge < -0.3 is 9.47 Å². The maximum atomic E-state index is 10.9. The van der Waals surface area contributed by atoms with Crippen LogP contribution in [0.5, 0.6) is 0 Å². The minimum absolute atomic E-state index is 0.171. The Morgan fingerprint density at radius 2 is 2.23 bits per heavy atom. The third-order valence-electron chi connectivity index (χ3n) is 1.32. The molecule has 76 valence electrons. The molecular weight excluding hydrogens is 168 g/mol. The third kappa shape index (κ3) is 7.53. The van der Waals surface area contributed by atoms with Crippen molar-refractivity contribution in [2.45, 2.75) is 33.3 Å². The van der Waals surface area contributed by atoms with Crippen LogP contribution in [0.3, 0.4) is 0 Å². The van der Waals surface area contributed by atoms with E-state index < -0.39 is 0 Å². The molecule has 0 unspecified atom stereocenters. The fourth-order valence-electron chi connectivity index (χ4n) is 0.801. The molecule has 0 spiro atoms. The van der Waals surface area contributed by atoms with Gasteiger partial charge in [0.15, 0.2) is 0 Å². The van der Waals surface area contributed by atoms with E-state index in [9.17, 15) is 4.79 Å². The Hall–Kier alpha value is -0.830. The second-order valence-electron chi connectivity index (χ2n) is 2.82. The van der Waals surface area contributed by atoms with Crippen molar-refractivity contribution in [3.8, 4) is 0 Å². The Labute approximate surface area is 79.7 Å². The molecule has 0 aromatic rings. The Morgan fingerprint density at radius 1 is 1.54 bits per heavy atom. The lowest BCUT2D eigenvalue weighted by atomic mass is 10.4. The summed E-state index contributed by atoms with van der Waals surface area (Å²) in [4.78, 5) is 10.9. The summed E-state index contributed by atoms with van der Waals surface area (Å²) < 4.78 is 10.2. The van der Waals surface area contributed by atoms with E-state index in [0.717, 1.165) is 6.42 Å². The van der Waals surface area contributed by atoms with Gasteiger partial charge in [0.1, 0.15) is 6.10 Å². The summed E-state index contributed by atoms with van der Waals surface area (Å²) in [5, 5.41) is 0. The molecule has 0 rings (SSSR count). The number of rotatable bonds is 6. The molecule has 0 fully saturated rings. The van der Waals surface area contributed by atoms with Crippen LogP contribution in [0.15, 0.2) is 12.2 Å². The smallest absolute Gasteiger partial charge is 0.330 e. The van der Waals surface area contributed by atoms with Crippen LogP contribution in [0.2, 0.25) is 0 Å². The van der Waals surface area contributed by atoms with Gasteiger partial charge in [-0.05, 0) is 20.3 Å². The molecule has 0 N–H and O–H groups in total. The second-order valence-corrected chi connectivity index (χ2v) is 2.82. The quantitative estimate of drug-likeness (QED) is 0.361. The lowest BCUT2D eigenvalue weighted by molar-refractivity contribution is -0.144. The second kappa shape index (κ2) is 7.80. The van der Waals surface area contributed by atoms with Gasteiger partial charge in [-0.15, -0.1) is 0 Å². The van der Waals surface area contributed by atoms with Crippen LogP contribution in [0, 0.1) is 0 Å². The van der Waals surface area contributed by atoms with Gasteiger partial charge in [0.05, 0.1) is 6.61 Å². The first-order valence-electron chi connectivity index (χ1n) is 4.61. The first-order chi connectivity index (χ1) is 6.20. The van der Waals surface area contributed by atoms with Crippen molar-refractivity contribution in [3.63, 3.8) is 0 Å². The molecule has 13 heavy (non-hydrogen) atoms. The summed E-state index contributed by atoms with van der Waals surface area (Å²) in [5.41, 5.74) is 0. The first kappa shape index (κ1) is 12.2. The molecule has 3 nitrogen and oxygen atoms in total. The number of allylic oxidation sites excluding steroid dienone is 1. The predicted molar refractivity (Wildman–Crippen MR) is 51.5 cm³/mol. The fraction of sp³-hybridized carbons (Fsp3) is 0.700. The summed E-state index contributed by atoms with van der Waals surface area (Å²) >= 11 is 0. The molecule has 0 aliphatic carbocycles. The molecule has 0 saturated heterocycles. The van der Waals surface area contributed by atoms with Crippen LogP contribution in [0.1, 0.15) is 27.2 Å². The molecule has 0 aliphatic heterocycles. The standard InChI is InChI=1S/C10H18O3/c1-4-6-10(11)13-9(3)8-12-7-5-2/h4,6,9H,5,7-8H2,1-3H3/b6-4-/t9-/m1/s1. The monoisotopic (exact) mass is 186 g/mol.